The maximum atomic E-state index is 9.90. The van der Waals surface area contributed by atoms with Crippen LogP contribution >= 0.6 is 12.4 Å². The minimum atomic E-state index is -0.527. The molecule has 0 fully saturated rings. The van der Waals surface area contributed by atoms with E-state index < -0.39 is 6.10 Å². The predicted molar refractivity (Wildman–Crippen MR) is 87.6 cm³/mol. The Kier molecular flexibility index (Phi) is 6.52. The SMILES string of the molecule is Cc1oc2cccc(OCC(O)CNC(C)C)c2c1C.Cl. The molecule has 118 valence electrons. The van der Waals surface area contributed by atoms with Crippen LogP contribution in [0.3, 0.4) is 0 Å². The fourth-order valence-corrected chi connectivity index (χ4v) is 2.12. The fraction of sp³-hybridized carbons (Fsp3) is 0.500. The summed E-state index contributed by atoms with van der Waals surface area (Å²) in [4.78, 5) is 0. The number of aliphatic hydroxyl groups excluding tert-OH is 1. The monoisotopic (exact) mass is 313 g/mol. The van der Waals surface area contributed by atoms with Crippen molar-refractivity contribution in [3.8, 4) is 5.75 Å². The molecule has 5 heteroatoms. The molecular weight excluding hydrogens is 290 g/mol. The first-order chi connectivity index (χ1) is 9.49. The number of aryl methyl sites for hydroxylation is 2. The van der Waals surface area contributed by atoms with Gasteiger partial charge in [-0.2, -0.15) is 0 Å². The number of furan rings is 1. The molecule has 0 saturated carbocycles. The number of nitrogens with one attached hydrogen (secondary N) is 1. The van der Waals surface area contributed by atoms with Gasteiger partial charge in [0, 0.05) is 18.2 Å². The molecule has 4 nitrogen and oxygen atoms in total. The normalized spacial score (nSPS) is 12.5. The zero-order valence-corrected chi connectivity index (χ0v) is 13.8. The molecule has 0 saturated heterocycles. The molecule has 0 bridgehead atoms. The number of fused-ring (bicyclic) bond motifs is 1. The number of ether oxygens (including phenoxy) is 1. The zero-order valence-electron chi connectivity index (χ0n) is 13.0. The molecule has 0 aliphatic rings. The number of aliphatic hydroxyl groups is 1. The van der Waals surface area contributed by atoms with Crippen LogP contribution in [0.4, 0.5) is 0 Å². The highest BCUT2D eigenvalue weighted by atomic mass is 35.5. The highest BCUT2D eigenvalue weighted by Crippen LogP contribution is 2.32. The van der Waals surface area contributed by atoms with Crippen LogP contribution in [0.1, 0.15) is 25.2 Å². The Labute approximate surface area is 131 Å². The topological polar surface area (TPSA) is 54.6 Å². The molecule has 2 aromatic rings. The van der Waals surface area contributed by atoms with Crippen LogP contribution in [0.25, 0.3) is 11.0 Å². The molecule has 1 aromatic carbocycles. The molecule has 0 radical (unpaired) electrons. The Morgan fingerprint density at radius 2 is 2.00 bits per heavy atom. The van der Waals surface area contributed by atoms with Gasteiger partial charge in [0.05, 0.1) is 5.39 Å². The van der Waals surface area contributed by atoms with Crippen LogP contribution in [0.2, 0.25) is 0 Å². The van der Waals surface area contributed by atoms with E-state index in [-0.39, 0.29) is 19.0 Å². The van der Waals surface area contributed by atoms with Gasteiger partial charge in [-0.15, -0.1) is 12.4 Å². The lowest BCUT2D eigenvalue weighted by Gasteiger charge is -2.15. The summed E-state index contributed by atoms with van der Waals surface area (Å²) in [6.45, 7) is 8.85. The molecule has 0 aliphatic carbocycles. The molecule has 0 amide bonds. The Bertz CT molecular complexity index is 580. The highest BCUT2D eigenvalue weighted by molar-refractivity contribution is 5.88. The van der Waals surface area contributed by atoms with Crippen molar-refractivity contribution in [2.24, 2.45) is 0 Å². The predicted octanol–water partition coefficient (Wildman–Crippen LogP) is 3.21. The van der Waals surface area contributed by atoms with E-state index in [1.165, 1.54) is 0 Å². The molecule has 1 heterocycles. The van der Waals surface area contributed by atoms with Crippen molar-refractivity contribution < 1.29 is 14.3 Å². The van der Waals surface area contributed by atoms with Gasteiger partial charge in [0.25, 0.3) is 0 Å². The van der Waals surface area contributed by atoms with Gasteiger partial charge in [-0.05, 0) is 26.0 Å². The van der Waals surface area contributed by atoms with E-state index in [0.717, 1.165) is 28.0 Å². The van der Waals surface area contributed by atoms with Crippen molar-refractivity contribution in [2.45, 2.75) is 39.8 Å². The molecule has 1 unspecified atom stereocenters. The van der Waals surface area contributed by atoms with Crippen LogP contribution < -0.4 is 10.1 Å². The minimum absolute atomic E-state index is 0. The molecule has 2 N–H and O–H groups in total. The highest BCUT2D eigenvalue weighted by Gasteiger charge is 2.13. The maximum Gasteiger partial charge on any atom is 0.138 e. The van der Waals surface area contributed by atoms with Crippen molar-refractivity contribution in [2.75, 3.05) is 13.2 Å². The number of halogens is 1. The number of hydrogen-bond donors (Lipinski definition) is 2. The minimum Gasteiger partial charge on any atom is -0.490 e. The van der Waals surface area contributed by atoms with E-state index in [2.05, 4.69) is 5.32 Å². The van der Waals surface area contributed by atoms with E-state index in [0.29, 0.717) is 12.6 Å². The Hall–Kier alpha value is -1.23. The molecular formula is C16H24ClNO3. The van der Waals surface area contributed by atoms with Crippen LogP contribution in [-0.2, 0) is 0 Å². The third-order valence-corrected chi connectivity index (χ3v) is 3.35. The molecule has 0 spiro atoms. The Morgan fingerprint density at radius 1 is 1.29 bits per heavy atom. The average Bonchev–Trinajstić information content (AvgIpc) is 2.70. The second kappa shape index (κ2) is 7.69. The van der Waals surface area contributed by atoms with Crippen LogP contribution in [0.15, 0.2) is 22.6 Å². The summed E-state index contributed by atoms with van der Waals surface area (Å²) in [5.41, 5.74) is 1.91. The van der Waals surface area contributed by atoms with Crippen molar-refractivity contribution in [3.63, 3.8) is 0 Å². The van der Waals surface area contributed by atoms with Gasteiger partial charge >= 0.3 is 0 Å². The van der Waals surface area contributed by atoms with Gasteiger partial charge in [0.15, 0.2) is 0 Å². The van der Waals surface area contributed by atoms with Gasteiger partial charge in [-0.3, -0.25) is 0 Å². The van der Waals surface area contributed by atoms with Gasteiger partial charge in [-0.1, -0.05) is 19.9 Å². The molecule has 0 aliphatic heterocycles. The summed E-state index contributed by atoms with van der Waals surface area (Å²) in [6.07, 6.45) is -0.527. The standard InChI is InChI=1S/C16H23NO3.ClH/c1-10(2)17-8-13(18)9-19-14-6-5-7-15-16(14)11(3)12(4)20-15;/h5-7,10,13,17-18H,8-9H2,1-4H3;1H. The molecule has 1 aromatic heterocycles. The van der Waals surface area contributed by atoms with Crippen LogP contribution in [0.5, 0.6) is 5.75 Å². The molecule has 2 rings (SSSR count). The lowest BCUT2D eigenvalue weighted by atomic mass is 10.1. The van der Waals surface area contributed by atoms with Crippen molar-refractivity contribution >= 4 is 23.4 Å². The van der Waals surface area contributed by atoms with Gasteiger partial charge in [0.2, 0.25) is 0 Å². The van der Waals surface area contributed by atoms with Crippen molar-refractivity contribution in [1.29, 1.82) is 0 Å². The van der Waals surface area contributed by atoms with E-state index in [1.54, 1.807) is 0 Å². The summed E-state index contributed by atoms with van der Waals surface area (Å²) in [5, 5.41) is 14.1. The van der Waals surface area contributed by atoms with Gasteiger partial charge in [-0.25, -0.2) is 0 Å². The third kappa shape index (κ3) is 4.37. The number of benzene rings is 1. The largest absolute Gasteiger partial charge is 0.490 e. The summed E-state index contributed by atoms with van der Waals surface area (Å²) >= 11 is 0. The molecule has 21 heavy (non-hydrogen) atoms. The third-order valence-electron chi connectivity index (χ3n) is 3.35. The van der Waals surface area contributed by atoms with Crippen molar-refractivity contribution in [1.82, 2.24) is 5.32 Å². The van der Waals surface area contributed by atoms with E-state index in [4.69, 9.17) is 9.15 Å². The lowest BCUT2D eigenvalue weighted by molar-refractivity contribution is 0.105. The average molecular weight is 314 g/mol. The first-order valence-electron chi connectivity index (χ1n) is 7.02. The number of hydrogen-bond acceptors (Lipinski definition) is 4. The van der Waals surface area contributed by atoms with Crippen LogP contribution in [-0.4, -0.2) is 30.4 Å². The Morgan fingerprint density at radius 3 is 2.67 bits per heavy atom. The summed E-state index contributed by atoms with van der Waals surface area (Å²) < 4.78 is 11.4. The Balaban J connectivity index is 0.00000220. The van der Waals surface area contributed by atoms with Crippen molar-refractivity contribution in [3.05, 3.63) is 29.5 Å². The van der Waals surface area contributed by atoms with Crippen LogP contribution in [0, 0.1) is 13.8 Å². The summed E-state index contributed by atoms with van der Waals surface area (Å²) in [5.74, 6) is 1.67. The number of rotatable bonds is 6. The van der Waals surface area contributed by atoms with E-state index in [1.807, 2.05) is 45.9 Å². The summed E-state index contributed by atoms with van der Waals surface area (Å²) in [6, 6.07) is 6.09. The fourth-order valence-electron chi connectivity index (χ4n) is 2.12. The van der Waals surface area contributed by atoms with Gasteiger partial charge < -0.3 is 19.6 Å². The summed E-state index contributed by atoms with van der Waals surface area (Å²) in [7, 11) is 0. The lowest BCUT2D eigenvalue weighted by Crippen LogP contribution is -2.35. The second-order valence-corrected chi connectivity index (χ2v) is 5.44. The first kappa shape index (κ1) is 17.8. The van der Waals surface area contributed by atoms with E-state index >= 15 is 0 Å². The second-order valence-electron chi connectivity index (χ2n) is 5.44. The van der Waals surface area contributed by atoms with Gasteiger partial charge in [0.1, 0.15) is 29.8 Å². The zero-order chi connectivity index (χ0) is 14.7. The first-order valence-corrected chi connectivity index (χ1v) is 7.02. The quantitative estimate of drug-likeness (QED) is 0.860. The maximum absolute atomic E-state index is 9.90. The van der Waals surface area contributed by atoms with E-state index in [9.17, 15) is 5.11 Å². The smallest absolute Gasteiger partial charge is 0.138 e. The molecule has 1 atom stereocenters.